The molecule has 2 nitrogen and oxygen atoms in total. The summed E-state index contributed by atoms with van der Waals surface area (Å²) in [7, 11) is 0. The van der Waals surface area contributed by atoms with Gasteiger partial charge in [0.05, 0.1) is 11.4 Å². The van der Waals surface area contributed by atoms with E-state index in [0.29, 0.717) is 0 Å². The summed E-state index contributed by atoms with van der Waals surface area (Å²) in [5.41, 5.74) is 0.940. The molecule has 1 aromatic carbocycles. The second-order valence-corrected chi connectivity index (χ2v) is 4.48. The van der Waals surface area contributed by atoms with Gasteiger partial charge in [0, 0.05) is 11.4 Å². The summed E-state index contributed by atoms with van der Waals surface area (Å²) in [5.74, 6) is 1.53. The van der Waals surface area contributed by atoms with E-state index in [1.54, 1.807) is 23.9 Å². The van der Waals surface area contributed by atoms with Crippen LogP contribution in [0, 0.1) is 5.82 Å². The molecule has 1 aromatic rings. The summed E-state index contributed by atoms with van der Waals surface area (Å²) in [6.07, 6.45) is 2.73. The van der Waals surface area contributed by atoms with Gasteiger partial charge >= 0.3 is 0 Å². The summed E-state index contributed by atoms with van der Waals surface area (Å²) in [5, 5.41) is 3.21. The second-order valence-electron chi connectivity index (χ2n) is 3.46. The van der Waals surface area contributed by atoms with Crippen LogP contribution >= 0.6 is 11.8 Å². The molecule has 1 aliphatic rings. The van der Waals surface area contributed by atoms with Crippen molar-refractivity contribution < 1.29 is 4.39 Å². The lowest BCUT2D eigenvalue weighted by Crippen LogP contribution is -2.20. The Morgan fingerprint density at radius 3 is 3.25 bits per heavy atom. The third-order valence-corrected chi connectivity index (χ3v) is 3.29. The number of hydrogen-bond acceptors (Lipinski definition) is 2. The number of nitrogens with one attached hydrogen (secondary N) is 1. The average molecular weight is 236 g/mol. The Morgan fingerprint density at radius 1 is 1.56 bits per heavy atom. The second kappa shape index (κ2) is 5.16. The van der Waals surface area contributed by atoms with Crippen LogP contribution in [0.3, 0.4) is 0 Å². The molecule has 0 saturated carbocycles. The third kappa shape index (κ3) is 2.64. The van der Waals surface area contributed by atoms with Crippen molar-refractivity contribution in [2.75, 3.05) is 17.6 Å². The maximum Gasteiger partial charge on any atom is 0.124 e. The van der Waals surface area contributed by atoms with Gasteiger partial charge < -0.3 is 5.32 Å². The van der Waals surface area contributed by atoms with Gasteiger partial charge in [-0.3, -0.25) is 4.99 Å². The van der Waals surface area contributed by atoms with E-state index in [2.05, 4.69) is 16.9 Å². The number of thioether (sulfide) groups is 1. The van der Waals surface area contributed by atoms with Gasteiger partial charge in [-0.15, -0.1) is 18.3 Å². The molecule has 0 aliphatic carbocycles. The van der Waals surface area contributed by atoms with E-state index in [9.17, 15) is 4.39 Å². The first kappa shape index (κ1) is 11.2. The number of amidine groups is 1. The van der Waals surface area contributed by atoms with Crippen LogP contribution in [-0.4, -0.2) is 18.1 Å². The molecule has 0 fully saturated rings. The minimum atomic E-state index is -0.194. The lowest BCUT2D eigenvalue weighted by molar-refractivity contribution is 0.624. The fraction of sp³-hybridized carbons (Fsp3) is 0.250. The smallest absolute Gasteiger partial charge is 0.124 e. The molecule has 84 valence electrons. The molecule has 0 amide bonds. The highest BCUT2D eigenvalue weighted by molar-refractivity contribution is 8.00. The minimum absolute atomic E-state index is 0.194. The molecule has 4 heteroatoms. The first-order chi connectivity index (χ1) is 7.79. The lowest BCUT2D eigenvalue weighted by Gasteiger charge is -2.19. The Kier molecular flexibility index (Phi) is 3.62. The highest BCUT2D eigenvalue weighted by Crippen LogP contribution is 2.31. The fourth-order valence-electron chi connectivity index (χ4n) is 1.43. The number of anilines is 1. The molecule has 1 heterocycles. The van der Waals surface area contributed by atoms with Crippen molar-refractivity contribution in [3.8, 4) is 0 Å². The quantitative estimate of drug-likeness (QED) is 0.643. The first-order valence-corrected chi connectivity index (χ1v) is 6.12. The molecule has 1 N–H and O–H groups in total. The van der Waals surface area contributed by atoms with Crippen molar-refractivity contribution >= 4 is 23.3 Å². The summed E-state index contributed by atoms with van der Waals surface area (Å²) >= 11 is 1.61. The minimum Gasteiger partial charge on any atom is -0.342 e. The van der Waals surface area contributed by atoms with Crippen LogP contribution in [0.2, 0.25) is 0 Å². The van der Waals surface area contributed by atoms with Crippen molar-refractivity contribution in [3.05, 3.63) is 36.7 Å². The number of aliphatic imine (C=N–C) groups is 1. The number of hydrogen-bond donors (Lipinski definition) is 1. The van der Waals surface area contributed by atoms with Crippen molar-refractivity contribution in [1.29, 1.82) is 0 Å². The molecule has 0 bridgehead atoms. The molecule has 0 unspecified atom stereocenters. The van der Waals surface area contributed by atoms with Crippen molar-refractivity contribution in [2.45, 2.75) is 11.3 Å². The number of fused-ring (bicyclic) bond motifs is 1. The van der Waals surface area contributed by atoms with Crippen molar-refractivity contribution in [3.63, 3.8) is 0 Å². The lowest BCUT2D eigenvalue weighted by atomic mass is 10.3. The molecule has 0 saturated heterocycles. The number of nitrogens with zero attached hydrogens (tertiary/aromatic N) is 1. The van der Waals surface area contributed by atoms with Crippen LogP contribution in [0.5, 0.6) is 0 Å². The Morgan fingerprint density at radius 2 is 2.44 bits per heavy atom. The van der Waals surface area contributed by atoms with Crippen molar-refractivity contribution in [1.82, 2.24) is 0 Å². The summed E-state index contributed by atoms with van der Waals surface area (Å²) in [6, 6.07) is 4.76. The van der Waals surface area contributed by atoms with E-state index >= 15 is 0 Å². The van der Waals surface area contributed by atoms with Gasteiger partial charge in [-0.05, 0) is 24.6 Å². The molecule has 0 atom stereocenters. The normalized spacial score (nSPS) is 16.7. The zero-order valence-corrected chi connectivity index (χ0v) is 9.69. The molecule has 0 radical (unpaired) electrons. The molecule has 0 spiro atoms. The van der Waals surface area contributed by atoms with Crippen LogP contribution in [0.1, 0.15) is 6.42 Å². The number of benzene rings is 1. The van der Waals surface area contributed by atoms with Crippen molar-refractivity contribution in [2.24, 2.45) is 4.99 Å². The standard InChI is InChI=1S/C12H13FN2S/c1-2-3-6-14-12-8-16-11-7-9(13)4-5-10(11)15-12/h2,4-5,7H,1,3,6,8H2,(H,14,15). The van der Waals surface area contributed by atoms with Gasteiger partial charge in [0.25, 0.3) is 0 Å². The Bertz CT molecular complexity index is 429. The van der Waals surface area contributed by atoms with Gasteiger partial charge in [0.15, 0.2) is 0 Å². The Hall–Kier alpha value is -1.29. The van der Waals surface area contributed by atoms with Crippen LogP contribution < -0.4 is 5.32 Å². The topological polar surface area (TPSA) is 24.4 Å². The summed E-state index contributed by atoms with van der Waals surface area (Å²) in [4.78, 5) is 5.36. The van der Waals surface area contributed by atoms with Gasteiger partial charge in [-0.2, -0.15) is 0 Å². The highest BCUT2D eigenvalue weighted by atomic mass is 32.2. The molecular formula is C12H13FN2S. The van der Waals surface area contributed by atoms with Gasteiger partial charge in [0.2, 0.25) is 0 Å². The van der Waals surface area contributed by atoms with Gasteiger partial charge in [0.1, 0.15) is 11.7 Å². The fourth-order valence-corrected chi connectivity index (χ4v) is 2.36. The molecule has 1 aliphatic heterocycles. The predicted octanol–water partition coefficient (Wildman–Crippen LogP) is 3.32. The zero-order chi connectivity index (χ0) is 11.4. The predicted molar refractivity (Wildman–Crippen MR) is 67.9 cm³/mol. The molecular weight excluding hydrogens is 223 g/mol. The largest absolute Gasteiger partial charge is 0.342 e. The van der Waals surface area contributed by atoms with Crippen LogP contribution in [0.25, 0.3) is 0 Å². The van der Waals surface area contributed by atoms with E-state index in [4.69, 9.17) is 0 Å². The maximum absolute atomic E-state index is 13.0. The van der Waals surface area contributed by atoms with Gasteiger partial charge in [-0.25, -0.2) is 4.39 Å². The van der Waals surface area contributed by atoms with E-state index in [-0.39, 0.29) is 5.82 Å². The Balaban J connectivity index is 2.09. The van der Waals surface area contributed by atoms with Crippen LogP contribution in [0.15, 0.2) is 40.7 Å². The molecule has 2 rings (SSSR count). The zero-order valence-electron chi connectivity index (χ0n) is 8.87. The number of halogens is 1. The highest BCUT2D eigenvalue weighted by Gasteiger charge is 2.13. The Labute approximate surface area is 98.7 Å². The number of rotatable bonds is 3. The van der Waals surface area contributed by atoms with E-state index < -0.39 is 0 Å². The van der Waals surface area contributed by atoms with E-state index in [1.807, 2.05) is 6.08 Å². The van der Waals surface area contributed by atoms with E-state index in [0.717, 1.165) is 35.1 Å². The summed E-state index contributed by atoms with van der Waals surface area (Å²) < 4.78 is 13.0. The van der Waals surface area contributed by atoms with Gasteiger partial charge in [-0.1, -0.05) is 6.08 Å². The molecule has 16 heavy (non-hydrogen) atoms. The monoisotopic (exact) mass is 236 g/mol. The SMILES string of the molecule is C=CCCN=C1CSc2cc(F)ccc2N1. The van der Waals surface area contributed by atoms with Crippen LogP contribution in [0.4, 0.5) is 10.1 Å². The maximum atomic E-state index is 13.0. The van der Waals surface area contributed by atoms with Crippen LogP contribution in [-0.2, 0) is 0 Å². The summed E-state index contributed by atoms with van der Waals surface area (Å²) in [6.45, 7) is 4.41. The average Bonchev–Trinajstić information content (AvgIpc) is 2.29. The molecule has 0 aromatic heterocycles. The first-order valence-electron chi connectivity index (χ1n) is 5.13. The van der Waals surface area contributed by atoms with E-state index in [1.165, 1.54) is 6.07 Å². The third-order valence-electron chi connectivity index (χ3n) is 2.22.